The fourth-order valence-corrected chi connectivity index (χ4v) is 7.23. The van der Waals surface area contributed by atoms with Crippen LogP contribution in [0.3, 0.4) is 0 Å². The van der Waals surface area contributed by atoms with Gasteiger partial charge in [-0.3, -0.25) is 9.48 Å². The summed E-state index contributed by atoms with van der Waals surface area (Å²) in [5, 5.41) is 5.05. The average Bonchev–Trinajstić information content (AvgIpc) is 3.80. The number of hydrogen-bond acceptors (Lipinski definition) is 6. The number of halogens is 2. The molecule has 4 heterocycles. The third-order valence-electron chi connectivity index (χ3n) is 9.70. The summed E-state index contributed by atoms with van der Waals surface area (Å²) in [6, 6.07) is 9.76. The quantitative estimate of drug-likeness (QED) is 0.134. The fraction of sp³-hybridized carbons (Fsp3) is 0.351. The van der Waals surface area contributed by atoms with Gasteiger partial charge < -0.3 is 18.9 Å². The Hall–Kier alpha value is -4.90. The van der Waals surface area contributed by atoms with Crippen molar-refractivity contribution in [3.63, 3.8) is 0 Å². The summed E-state index contributed by atoms with van der Waals surface area (Å²) in [5.74, 6) is -0.662. The molecule has 9 nitrogen and oxygen atoms in total. The summed E-state index contributed by atoms with van der Waals surface area (Å²) in [5.41, 5.74) is 8.02. The van der Waals surface area contributed by atoms with Crippen molar-refractivity contribution in [1.29, 1.82) is 0 Å². The summed E-state index contributed by atoms with van der Waals surface area (Å²) in [4.78, 5) is 24.6. The van der Waals surface area contributed by atoms with Crippen molar-refractivity contribution < 1.29 is 23.0 Å². The molecule has 248 valence electrons. The lowest BCUT2D eigenvalue weighted by atomic mass is 9.90. The van der Waals surface area contributed by atoms with E-state index in [0.717, 1.165) is 63.8 Å². The van der Waals surface area contributed by atoms with Crippen molar-refractivity contribution in [2.24, 2.45) is 7.05 Å². The molecule has 0 unspecified atom stereocenters. The molecular weight excluding hydrogens is 614 g/mol. The molecule has 11 heteroatoms. The van der Waals surface area contributed by atoms with Gasteiger partial charge in [0.25, 0.3) is 0 Å². The first kappa shape index (κ1) is 31.7. The van der Waals surface area contributed by atoms with E-state index in [1.165, 1.54) is 12.1 Å². The predicted molar refractivity (Wildman–Crippen MR) is 180 cm³/mol. The number of nitrogens with zero attached hydrogens (tertiary/aromatic N) is 6. The summed E-state index contributed by atoms with van der Waals surface area (Å²) in [7, 11) is 3.53. The van der Waals surface area contributed by atoms with Crippen LogP contribution in [0.2, 0.25) is 0 Å². The molecule has 2 aliphatic rings. The van der Waals surface area contributed by atoms with Crippen LogP contribution in [0.25, 0.3) is 44.8 Å². The van der Waals surface area contributed by atoms with E-state index in [-0.39, 0.29) is 42.5 Å². The largest absolute Gasteiger partial charge is 0.490 e. The molecule has 2 aromatic carbocycles. The molecule has 3 aromatic heterocycles. The van der Waals surface area contributed by atoms with Gasteiger partial charge in [0.1, 0.15) is 35.5 Å². The normalized spacial score (nSPS) is 17.1. The van der Waals surface area contributed by atoms with Crippen LogP contribution in [-0.2, 0) is 29.4 Å². The molecule has 1 aliphatic carbocycles. The van der Waals surface area contributed by atoms with Crippen LogP contribution in [0.4, 0.5) is 8.78 Å². The molecule has 2 atom stereocenters. The summed E-state index contributed by atoms with van der Waals surface area (Å²) < 4.78 is 46.0. The summed E-state index contributed by atoms with van der Waals surface area (Å²) in [6.07, 6.45) is 3.60. The lowest BCUT2D eigenvalue weighted by Crippen LogP contribution is -2.42. The Morgan fingerprint density at radius 3 is 2.60 bits per heavy atom. The molecule has 0 bridgehead atoms. The van der Waals surface area contributed by atoms with E-state index in [1.54, 1.807) is 12.0 Å². The molecular formula is C37H38F2N6O3. The number of aromatic nitrogens is 5. The van der Waals surface area contributed by atoms with Crippen molar-refractivity contribution in [3.05, 3.63) is 83.3 Å². The maximum atomic E-state index is 16.2. The number of carbonyl (C=O) groups is 1. The van der Waals surface area contributed by atoms with Crippen molar-refractivity contribution in [1.82, 2.24) is 29.2 Å². The number of benzene rings is 2. The monoisotopic (exact) mass is 652 g/mol. The van der Waals surface area contributed by atoms with E-state index in [9.17, 15) is 9.18 Å². The highest BCUT2D eigenvalue weighted by atomic mass is 19.1. The van der Waals surface area contributed by atoms with Gasteiger partial charge in [-0.1, -0.05) is 12.6 Å². The zero-order chi connectivity index (χ0) is 33.9. The van der Waals surface area contributed by atoms with E-state index in [4.69, 9.17) is 24.5 Å². The van der Waals surface area contributed by atoms with Crippen LogP contribution in [0, 0.1) is 18.6 Å². The standard InChI is InChI=1S/C37H38F2N6O3/c1-7-33(46)44-19-20(2)45-31(21(44)3)18-29(42-45)37-34(35-27(39)16-24(38)17-32(35)48-14-13-47-6)25-9-8-10-26(25)36(41-37)23-11-12-30-28(15-23)40-22(4)43(30)5/h7,11-12,15-18,20-21H,1,8-10,13-14,19H2,2-6H3/t20-,21+/m0/s1. The van der Waals surface area contributed by atoms with E-state index >= 15 is 4.39 Å². The third-order valence-corrected chi connectivity index (χ3v) is 9.70. The number of hydrogen-bond donors (Lipinski definition) is 0. The lowest BCUT2D eigenvalue weighted by molar-refractivity contribution is -0.129. The van der Waals surface area contributed by atoms with Gasteiger partial charge in [0.15, 0.2) is 0 Å². The number of amides is 1. The van der Waals surface area contributed by atoms with E-state index in [0.29, 0.717) is 29.9 Å². The first-order valence-corrected chi connectivity index (χ1v) is 16.2. The number of carbonyl (C=O) groups excluding carboxylic acids is 1. The molecule has 48 heavy (non-hydrogen) atoms. The molecule has 0 saturated heterocycles. The second-order valence-corrected chi connectivity index (χ2v) is 12.6. The van der Waals surface area contributed by atoms with Crippen LogP contribution >= 0.6 is 0 Å². The van der Waals surface area contributed by atoms with Gasteiger partial charge in [-0.15, -0.1) is 0 Å². The molecule has 1 amide bonds. The Balaban J connectivity index is 1.50. The zero-order valence-electron chi connectivity index (χ0n) is 27.8. The average molecular weight is 653 g/mol. The highest BCUT2D eigenvalue weighted by molar-refractivity contribution is 5.91. The predicted octanol–water partition coefficient (Wildman–Crippen LogP) is 6.92. The van der Waals surface area contributed by atoms with Crippen LogP contribution < -0.4 is 4.74 Å². The molecule has 0 spiro atoms. The van der Waals surface area contributed by atoms with E-state index in [2.05, 4.69) is 6.58 Å². The van der Waals surface area contributed by atoms with Crippen LogP contribution in [0.1, 0.15) is 55.0 Å². The maximum absolute atomic E-state index is 16.2. The maximum Gasteiger partial charge on any atom is 0.246 e. The topological polar surface area (TPSA) is 87.3 Å². The minimum atomic E-state index is -0.744. The number of fused-ring (bicyclic) bond motifs is 3. The fourth-order valence-electron chi connectivity index (χ4n) is 7.23. The highest BCUT2D eigenvalue weighted by Gasteiger charge is 2.35. The molecule has 0 N–H and O–H groups in total. The smallest absolute Gasteiger partial charge is 0.246 e. The Morgan fingerprint density at radius 2 is 1.83 bits per heavy atom. The third kappa shape index (κ3) is 5.17. The molecule has 7 rings (SSSR count). The number of rotatable bonds is 8. The van der Waals surface area contributed by atoms with Gasteiger partial charge in [-0.2, -0.15) is 5.10 Å². The van der Waals surface area contributed by atoms with Crippen LogP contribution in [-0.4, -0.2) is 62.0 Å². The second-order valence-electron chi connectivity index (χ2n) is 12.6. The van der Waals surface area contributed by atoms with Crippen LogP contribution in [0.15, 0.2) is 49.1 Å². The SMILES string of the molecule is C=CC(=O)N1C[C@H](C)n2nc(-c3nc(-c4ccc5c(c4)nc(C)n5C)c4c(c3-c3c(F)cc(F)cc3OCCOC)CCC4)cc2[C@H]1C. The van der Waals surface area contributed by atoms with Gasteiger partial charge in [0.2, 0.25) is 5.91 Å². The number of methoxy groups -OCH3 is 1. The van der Waals surface area contributed by atoms with Gasteiger partial charge in [-0.05, 0) is 75.4 Å². The second kappa shape index (κ2) is 12.3. The van der Waals surface area contributed by atoms with Gasteiger partial charge in [0.05, 0.1) is 52.4 Å². The first-order valence-electron chi connectivity index (χ1n) is 16.2. The Labute approximate surface area is 277 Å². The van der Waals surface area contributed by atoms with Crippen molar-refractivity contribution in [2.75, 3.05) is 26.9 Å². The van der Waals surface area contributed by atoms with Gasteiger partial charge in [-0.25, -0.2) is 18.7 Å². The molecule has 1 aliphatic heterocycles. The van der Waals surface area contributed by atoms with Gasteiger partial charge >= 0.3 is 0 Å². The Bertz CT molecular complexity index is 2100. The van der Waals surface area contributed by atoms with E-state index < -0.39 is 11.6 Å². The number of ether oxygens (including phenoxy) is 2. The summed E-state index contributed by atoms with van der Waals surface area (Å²) >= 11 is 0. The number of aryl methyl sites for hydroxylation is 2. The van der Waals surface area contributed by atoms with Crippen molar-refractivity contribution in [3.8, 4) is 39.5 Å². The van der Waals surface area contributed by atoms with Crippen LogP contribution in [0.5, 0.6) is 5.75 Å². The highest BCUT2D eigenvalue weighted by Crippen LogP contribution is 2.47. The summed E-state index contributed by atoms with van der Waals surface area (Å²) in [6.45, 7) is 10.4. The van der Waals surface area contributed by atoms with Gasteiger partial charge in [0, 0.05) is 44.0 Å². The Morgan fingerprint density at radius 1 is 1.04 bits per heavy atom. The molecule has 5 aromatic rings. The van der Waals surface area contributed by atoms with Crippen molar-refractivity contribution in [2.45, 2.75) is 52.1 Å². The number of pyridine rings is 1. The van der Waals surface area contributed by atoms with Crippen molar-refractivity contribution >= 4 is 16.9 Å². The molecule has 0 radical (unpaired) electrons. The molecule has 0 fully saturated rings. The zero-order valence-corrected chi connectivity index (χ0v) is 27.8. The number of imidazole rings is 1. The van der Waals surface area contributed by atoms with E-state index in [1.807, 2.05) is 61.3 Å². The first-order chi connectivity index (χ1) is 23.1. The minimum Gasteiger partial charge on any atom is -0.490 e. The minimum absolute atomic E-state index is 0.0771. The molecule has 0 saturated carbocycles. The Kier molecular flexibility index (Phi) is 8.11. The lowest BCUT2D eigenvalue weighted by Gasteiger charge is -2.36.